The Morgan fingerprint density at radius 3 is 2.52 bits per heavy atom. The Labute approximate surface area is 124 Å². The number of rotatable bonds is 5. The van der Waals surface area contributed by atoms with E-state index in [9.17, 15) is 4.79 Å². The molecular weight excluding hydrogens is 266 g/mol. The van der Waals surface area contributed by atoms with Crippen LogP contribution in [0.2, 0.25) is 0 Å². The molecule has 0 aliphatic rings. The van der Waals surface area contributed by atoms with Crippen LogP contribution in [0.15, 0.2) is 48.5 Å². The zero-order chi connectivity index (χ0) is 15.1. The predicted molar refractivity (Wildman–Crippen MR) is 82.6 cm³/mol. The summed E-state index contributed by atoms with van der Waals surface area (Å²) in [5, 5.41) is 2.72. The lowest BCUT2D eigenvalue weighted by Gasteiger charge is -2.13. The maximum Gasteiger partial charge on any atom is 0.412 e. The van der Waals surface area contributed by atoms with Crippen LogP contribution < -0.4 is 10.1 Å². The molecule has 21 heavy (non-hydrogen) atoms. The summed E-state index contributed by atoms with van der Waals surface area (Å²) < 4.78 is 10.6. The molecular formula is C17H19NO3. The van der Waals surface area contributed by atoms with Crippen LogP contribution in [0.1, 0.15) is 18.1 Å². The molecule has 4 nitrogen and oxygen atoms in total. The van der Waals surface area contributed by atoms with Crippen molar-refractivity contribution in [3.05, 3.63) is 59.7 Å². The molecule has 2 aromatic rings. The number of amides is 1. The summed E-state index contributed by atoms with van der Waals surface area (Å²) in [6.45, 7) is 2.28. The number of carbonyl (C=O) groups excluding carboxylic acids is 1. The number of methoxy groups -OCH3 is 1. The second-order valence-corrected chi connectivity index (χ2v) is 4.54. The van der Waals surface area contributed by atoms with Gasteiger partial charge in [0.15, 0.2) is 0 Å². The smallest absolute Gasteiger partial charge is 0.412 e. The fraction of sp³-hybridized carbons (Fsp3) is 0.235. The molecule has 0 fully saturated rings. The van der Waals surface area contributed by atoms with Gasteiger partial charge in [0, 0.05) is 0 Å². The first-order valence-electron chi connectivity index (χ1n) is 6.88. The first kappa shape index (κ1) is 14.9. The number of anilines is 1. The first-order valence-corrected chi connectivity index (χ1v) is 6.88. The highest BCUT2D eigenvalue weighted by Gasteiger charge is 2.11. The Morgan fingerprint density at radius 1 is 1.10 bits per heavy atom. The van der Waals surface area contributed by atoms with Crippen LogP contribution in [0.4, 0.5) is 10.5 Å². The number of benzene rings is 2. The van der Waals surface area contributed by atoms with Crippen molar-refractivity contribution >= 4 is 11.8 Å². The molecule has 0 bridgehead atoms. The van der Waals surface area contributed by atoms with Crippen molar-refractivity contribution in [2.24, 2.45) is 0 Å². The second-order valence-electron chi connectivity index (χ2n) is 4.54. The minimum Gasteiger partial charge on any atom is -0.494 e. The van der Waals surface area contributed by atoms with E-state index in [0.717, 1.165) is 17.5 Å². The molecule has 0 atom stereocenters. The highest BCUT2D eigenvalue weighted by molar-refractivity contribution is 5.87. The SMILES string of the molecule is CCc1cccc(NC(=O)OCc2ccccc2)c1OC. The van der Waals surface area contributed by atoms with Gasteiger partial charge in [0.1, 0.15) is 12.4 Å². The number of aryl methyl sites for hydroxylation is 1. The number of carbonyl (C=O) groups is 1. The lowest BCUT2D eigenvalue weighted by atomic mass is 10.1. The topological polar surface area (TPSA) is 47.6 Å². The van der Waals surface area contributed by atoms with Gasteiger partial charge < -0.3 is 9.47 Å². The largest absolute Gasteiger partial charge is 0.494 e. The van der Waals surface area contributed by atoms with Gasteiger partial charge in [0.05, 0.1) is 12.8 Å². The summed E-state index contributed by atoms with van der Waals surface area (Å²) in [5.41, 5.74) is 2.61. The Kier molecular flexibility index (Phi) is 5.21. The molecule has 4 heteroatoms. The molecule has 0 saturated carbocycles. The molecule has 0 radical (unpaired) electrons. The molecule has 110 valence electrons. The van der Waals surface area contributed by atoms with E-state index >= 15 is 0 Å². The molecule has 0 unspecified atom stereocenters. The van der Waals surface area contributed by atoms with Gasteiger partial charge >= 0.3 is 6.09 Å². The van der Waals surface area contributed by atoms with Crippen LogP contribution >= 0.6 is 0 Å². The van der Waals surface area contributed by atoms with Crippen molar-refractivity contribution < 1.29 is 14.3 Å². The van der Waals surface area contributed by atoms with Gasteiger partial charge in [-0.15, -0.1) is 0 Å². The minimum atomic E-state index is -0.495. The summed E-state index contributed by atoms with van der Waals surface area (Å²) in [6, 6.07) is 15.2. The molecule has 0 spiro atoms. The average Bonchev–Trinajstić information content (AvgIpc) is 2.53. The maximum absolute atomic E-state index is 11.9. The Balaban J connectivity index is 2.00. The normalized spacial score (nSPS) is 10.0. The molecule has 0 heterocycles. The van der Waals surface area contributed by atoms with E-state index < -0.39 is 6.09 Å². The van der Waals surface area contributed by atoms with Crippen LogP contribution in [-0.4, -0.2) is 13.2 Å². The summed E-state index contributed by atoms with van der Waals surface area (Å²) in [4.78, 5) is 11.9. The fourth-order valence-electron chi connectivity index (χ4n) is 2.07. The van der Waals surface area contributed by atoms with Crippen LogP contribution in [-0.2, 0) is 17.8 Å². The third-order valence-corrected chi connectivity index (χ3v) is 3.13. The number of nitrogens with one attached hydrogen (secondary N) is 1. The highest BCUT2D eigenvalue weighted by Crippen LogP contribution is 2.29. The zero-order valence-corrected chi connectivity index (χ0v) is 12.3. The van der Waals surface area contributed by atoms with E-state index in [2.05, 4.69) is 5.32 Å². The third-order valence-electron chi connectivity index (χ3n) is 3.13. The molecule has 0 aromatic heterocycles. The number of para-hydroxylation sites is 1. The summed E-state index contributed by atoms with van der Waals surface area (Å²) in [6.07, 6.45) is 0.336. The summed E-state index contributed by atoms with van der Waals surface area (Å²) in [7, 11) is 1.59. The highest BCUT2D eigenvalue weighted by atomic mass is 16.5. The maximum atomic E-state index is 11.9. The van der Waals surface area contributed by atoms with Crippen molar-refractivity contribution in [3.8, 4) is 5.75 Å². The van der Waals surface area contributed by atoms with Gasteiger partial charge in [-0.1, -0.05) is 49.4 Å². The lowest BCUT2D eigenvalue weighted by Crippen LogP contribution is -2.14. The standard InChI is InChI=1S/C17H19NO3/c1-3-14-10-7-11-15(16(14)20-2)18-17(19)21-12-13-8-5-4-6-9-13/h4-11H,3,12H2,1-2H3,(H,18,19). The zero-order valence-electron chi connectivity index (χ0n) is 12.3. The molecule has 0 saturated heterocycles. The van der Waals surface area contributed by atoms with Crippen molar-refractivity contribution in [1.82, 2.24) is 0 Å². The van der Waals surface area contributed by atoms with Gasteiger partial charge in [0.2, 0.25) is 0 Å². The molecule has 2 rings (SSSR count). The van der Waals surface area contributed by atoms with E-state index in [4.69, 9.17) is 9.47 Å². The van der Waals surface area contributed by atoms with Crippen molar-refractivity contribution in [3.63, 3.8) is 0 Å². The monoisotopic (exact) mass is 285 g/mol. The van der Waals surface area contributed by atoms with Gasteiger partial charge in [-0.05, 0) is 23.6 Å². The fourth-order valence-corrected chi connectivity index (χ4v) is 2.07. The van der Waals surface area contributed by atoms with Crippen molar-refractivity contribution in [2.45, 2.75) is 20.0 Å². The van der Waals surface area contributed by atoms with Crippen LogP contribution in [0.3, 0.4) is 0 Å². The van der Waals surface area contributed by atoms with Gasteiger partial charge in [-0.2, -0.15) is 0 Å². The van der Waals surface area contributed by atoms with Gasteiger partial charge in [0.25, 0.3) is 0 Å². The van der Waals surface area contributed by atoms with Crippen LogP contribution in [0.25, 0.3) is 0 Å². The van der Waals surface area contributed by atoms with Crippen LogP contribution in [0.5, 0.6) is 5.75 Å². The van der Waals surface area contributed by atoms with E-state index in [1.54, 1.807) is 13.2 Å². The Bertz CT molecular complexity index is 596. The van der Waals surface area contributed by atoms with Crippen LogP contribution in [0, 0.1) is 0 Å². The number of hydrogen-bond donors (Lipinski definition) is 1. The first-order chi connectivity index (χ1) is 10.2. The van der Waals surface area contributed by atoms with E-state index in [0.29, 0.717) is 11.4 Å². The number of hydrogen-bond acceptors (Lipinski definition) is 3. The molecule has 1 N–H and O–H groups in total. The lowest BCUT2D eigenvalue weighted by molar-refractivity contribution is 0.155. The summed E-state index contributed by atoms with van der Waals surface area (Å²) >= 11 is 0. The molecule has 2 aromatic carbocycles. The average molecular weight is 285 g/mol. The van der Waals surface area contributed by atoms with E-state index in [1.165, 1.54) is 0 Å². The summed E-state index contributed by atoms with van der Waals surface area (Å²) in [5.74, 6) is 0.677. The van der Waals surface area contributed by atoms with Crippen molar-refractivity contribution in [1.29, 1.82) is 0 Å². The van der Waals surface area contributed by atoms with Gasteiger partial charge in [-0.25, -0.2) is 4.79 Å². The van der Waals surface area contributed by atoms with E-state index in [-0.39, 0.29) is 6.61 Å². The molecule has 0 aliphatic carbocycles. The number of ether oxygens (including phenoxy) is 2. The Morgan fingerprint density at radius 2 is 1.86 bits per heavy atom. The van der Waals surface area contributed by atoms with Crippen molar-refractivity contribution in [2.75, 3.05) is 12.4 Å². The molecule has 1 amide bonds. The third kappa shape index (κ3) is 3.99. The second kappa shape index (κ2) is 7.33. The van der Waals surface area contributed by atoms with E-state index in [1.807, 2.05) is 49.4 Å². The predicted octanol–water partition coefficient (Wildman–Crippen LogP) is 4.01. The molecule has 0 aliphatic heterocycles. The minimum absolute atomic E-state index is 0.239. The Hall–Kier alpha value is -2.49. The quantitative estimate of drug-likeness (QED) is 0.903. The van der Waals surface area contributed by atoms with Gasteiger partial charge in [-0.3, -0.25) is 5.32 Å².